The molecule has 1 aliphatic heterocycles. The summed E-state index contributed by atoms with van der Waals surface area (Å²) < 4.78 is 28.8. The van der Waals surface area contributed by atoms with E-state index in [1.807, 2.05) is 44.2 Å². The van der Waals surface area contributed by atoms with Crippen LogP contribution < -0.4 is 10.9 Å². The van der Waals surface area contributed by atoms with Crippen LogP contribution in [0.15, 0.2) is 51.6 Å². The van der Waals surface area contributed by atoms with E-state index < -0.39 is 10.0 Å². The standard InChI is InChI=1S/C21H24N4O3S2.ClH/c1-3-15-12-16(14(2)24-21(15)26)19-7-8-20(29-19)30(27,28)25-11-10-22-13-18(25)17-6-4-5-9-23-17;/h4-9,12,18,22H,3,10-11,13H2,1-2H3,(H,24,26);1H. The maximum atomic E-state index is 13.5. The maximum absolute atomic E-state index is 13.5. The lowest BCUT2D eigenvalue weighted by molar-refractivity contribution is 0.267. The van der Waals surface area contributed by atoms with Crippen molar-refractivity contribution in [1.29, 1.82) is 0 Å². The molecule has 1 atom stereocenters. The number of hydrogen-bond donors (Lipinski definition) is 2. The summed E-state index contributed by atoms with van der Waals surface area (Å²) in [6.07, 6.45) is 2.30. The van der Waals surface area contributed by atoms with E-state index in [0.29, 0.717) is 35.8 Å². The van der Waals surface area contributed by atoms with Crippen LogP contribution in [0.5, 0.6) is 0 Å². The third kappa shape index (κ3) is 4.61. The van der Waals surface area contributed by atoms with Gasteiger partial charge in [0.25, 0.3) is 15.6 Å². The number of halogens is 1. The number of piperazine rings is 1. The van der Waals surface area contributed by atoms with E-state index in [0.717, 1.165) is 21.8 Å². The Morgan fingerprint density at radius 3 is 2.77 bits per heavy atom. The molecule has 7 nitrogen and oxygen atoms in total. The lowest BCUT2D eigenvalue weighted by Crippen LogP contribution is -2.48. The van der Waals surface area contributed by atoms with E-state index in [2.05, 4.69) is 15.3 Å². The number of thiophene rings is 1. The van der Waals surface area contributed by atoms with Crippen LogP contribution in [0.2, 0.25) is 0 Å². The summed E-state index contributed by atoms with van der Waals surface area (Å²) in [5.74, 6) is 0. The number of pyridine rings is 2. The second-order valence-electron chi connectivity index (χ2n) is 7.22. The van der Waals surface area contributed by atoms with Gasteiger partial charge in [-0.1, -0.05) is 13.0 Å². The van der Waals surface area contributed by atoms with Crippen LogP contribution in [0.4, 0.5) is 0 Å². The molecule has 3 aromatic rings. The number of aromatic amines is 1. The lowest BCUT2D eigenvalue weighted by atomic mass is 10.1. The zero-order valence-electron chi connectivity index (χ0n) is 17.3. The molecule has 166 valence electrons. The molecule has 31 heavy (non-hydrogen) atoms. The van der Waals surface area contributed by atoms with Gasteiger partial charge in [-0.3, -0.25) is 9.78 Å². The summed E-state index contributed by atoms with van der Waals surface area (Å²) in [5.41, 5.74) is 2.91. The van der Waals surface area contributed by atoms with E-state index in [1.54, 1.807) is 16.6 Å². The van der Waals surface area contributed by atoms with Crippen LogP contribution >= 0.6 is 23.7 Å². The van der Waals surface area contributed by atoms with Crippen LogP contribution in [-0.2, 0) is 16.4 Å². The number of nitrogens with one attached hydrogen (secondary N) is 2. The van der Waals surface area contributed by atoms with Crippen molar-refractivity contribution in [1.82, 2.24) is 19.6 Å². The SMILES string of the molecule is CCc1cc(-c2ccc(S(=O)(=O)N3CCNCC3c3ccccn3)s2)c(C)[nH]c1=O.Cl. The summed E-state index contributed by atoms with van der Waals surface area (Å²) in [5, 5.41) is 3.27. The Balaban J connectivity index is 0.00000272. The van der Waals surface area contributed by atoms with Crippen LogP contribution in [0.3, 0.4) is 0 Å². The molecular weight excluding hydrogens is 456 g/mol. The number of sulfonamides is 1. The van der Waals surface area contributed by atoms with E-state index in [4.69, 9.17) is 0 Å². The van der Waals surface area contributed by atoms with E-state index in [9.17, 15) is 13.2 Å². The van der Waals surface area contributed by atoms with Crippen molar-refractivity contribution in [3.05, 3.63) is 69.9 Å². The number of aromatic nitrogens is 2. The fourth-order valence-electron chi connectivity index (χ4n) is 3.70. The zero-order valence-corrected chi connectivity index (χ0v) is 19.7. The highest BCUT2D eigenvalue weighted by molar-refractivity contribution is 7.91. The zero-order chi connectivity index (χ0) is 21.3. The number of rotatable bonds is 5. The van der Waals surface area contributed by atoms with Gasteiger partial charge < -0.3 is 10.3 Å². The minimum atomic E-state index is -3.68. The van der Waals surface area contributed by atoms with Gasteiger partial charge in [0.2, 0.25) is 0 Å². The van der Waals surface area contributed by atoms with Crippen molar-refractivity contribution in [2.24, 2.45) is 0 Å². The molecule has 0 spiro atoms. The Labute approximate surface area is 192 Å². The highest BCUT2D eigenvalue weighted by Gasteiger charge is 2.36. The lowest BCUT2D eigenvalue weighted by Gasteiger charge is -2.34. The topological polar surface area (TPSA) is 95.2 Å². The molecule has 4 heterocycles. The van der Waals surface area contributed by atoms with E-state index in [1.165, 1.54) is 11.3 Å². The van der Waals surface area contributed by atoms with Gasteiger partial charge in [0.1, 0.15) is 4.21 Å². The fraction of sp³-hybridized carbons (Fsp3) is 0.333. The molecular formula is C21H25ClN4O3S2. The highest BCUT2D eigenvalue weighted by atomic mass is 35.5. The minimum Gasteiger partial charge on any atom is -0.326 e. The first-order chi connectivity index (χ1) is 14.4. The first-order valence-electron chi connectivity index (χ1n) is 9.88. The fourth-order valence-corrected chi connectivity index (χ4v) is 6.81. The molecule has 4 rings (SSSR count). The van der Waals surface area contributed by atoms with Crippen LogP contribution in [-0.4, -0.2) is 42.3 Å². The smallest absolute Gasteiger partial charge is 0.253 e. The van der Waals surface area contributed by atoms with Crippen LogP contribution in [0.1, 0.15) is 29.9 Å². The first kappa shape index (κ1) is 23.6. The quantitative estimate of drug-likeness (QED) is 0.585. The predicted octanol–water partition coefficient (Wildman–Crippen LogP) is 3.13. The summed E-state index contributed by atoms with van der Waals surface area (Å²) >= 11 is 1.23. The van der Waals surface area contributed by atoms with E-state index >= 15 is 0 Å². The monoisotopic (exact) mass is 480 g/mol. The van der Waals surface area contributed by atoms with Crippen LogP contribution in [0.25, 0.3) is 10.4 Å². The Hall–Kier alpha value is -2.04. The third-order valence-corrected chi connectivity index (χ3v) is 8.82. The van der Waals surface area contributed by atoms with Crippen molar-refractivity contribution in [3.8, 4) is 10.4 Å². The average Bonchev–Trinajstić information content (AvgIpc) is 3.25. The molecule has 3 aromatic heterocycles. The highest BCUT2D eigenvalue weighted by Crippen LogP contribution is 2.36. The van der Waals surface area contributed by atoms with Crippen molar-refractivity contribution >= 4 is 33.8 Å². The Morgan fingerprint density at radius 2 is 2.06 bits per heavy atom. The largest absolute Gasteiger partial charge is 0.326 e. The number of hydrogen-bond acceptors (Lipinski definition) is 6. The van der Waals surface area contributed by atoms with Gasteiger partial charge in [0, 0.05) is 47.5 Å². The second kappa shape index (κ2) is 9.62. The molecule has 0 saturated carbocycles. The molecule has 0 aliphatic carbocycles. The summed E-state index contributed by atoms with van der Waals surface area (Å²) in [6, 6.07) is 10.5. The number of aryl methyl sites for hydroxylation is 2. The summed E-state index contributed by atoms with van der Waals surface area (Å²) in [7, 11) is -3.68. The minimum absolute atomic E-state index is 0. The Morgan fingerprint density at radius 1 is 1.26 bits per heavy atom. The van der Waals surface area contributed by atoms with Crippen LogP contribution in [0, 0.1) is 6.92 Å². The Kier molecular flexibility index (Phi) is 7.33. The molecule has 1 aliphatic rings. The normalized spacial score (nSPS) is 17.3. The third-order valence-electron chi connectivity index (χ3n) is 5.33. The van der Waals surface area contributed by atoms with Crippen molar-refractivity contribution in [2.75, 3.05) is 19.6 Å². The van der Waals surface area contributed by atoms with Gasteiger partial charge in [0.05, 0.1) is 11.7 Å². The van der Waals surface area contributed by atoms with Gasteiger partial charge in [0.15, 0.2) is 0 Å². The van der Waals surface area contributed by atoms with Crippen molar-refractivity contribution in [2.45, 2.75) is 30.5 Å². The van der Waals surface area contributed by atoms with E-state index in [-0.39, 0.29) is 24.0 Å². The molecule has 0 aromatic carbocycles. The summed E-state index contributed by atoms with van der Waals surface area (Å²) in [4.78, 5) is 20.1. The molecule has 0 amide bonds. The molecule has 1 saturated heterocycles. The number of nitrogens with zero attached hydrogens (tertiary/aromatic N) is 2. The second-order valence-corrected chi connectivity index (χ2v) is 10.4. The van der Waals surface area contributed by atoms with Crippen molar-refractivity contribution in [3.63, 3.8) is 0 Å². The first-order valence-corrected chi connectivity index (χ1v) is 12.1. The Bertz CT molecular complexity index is 1210. The summed E-state index contributed by atoms with van der Waals surface area (Å²) in [6.45, 7) is 5.26. The van der Waals surface area contributed by atoms with Gasteiger partial charge >= 0.3 is 0 Å². The number of H-pyrrole nitrogens is 1. The van der Waals surface area contributed by atoms with Gasteiger partial charge in [-0.2, -0.15) is 4.31 Å². The molecule has 1 fully saturated rings. The molecule has 10 heteroatoms. The maximum Gasteiger partial charge on any atom is 0.253 e. The van der Waals surface area contributed by atoms with Gasteiger partial charge in [-0.05, 0) is 43.7 Å². The molecule has 0 radical (unpaired) electrons. The molecule has 0 bridgehead atoms. The molecule has 2 N–H and O–H groups in total. The van der Waals surface area contributed by atoms with Gasteiger partial charge in [-0.25, -0.2) is 8.42 Å². The average molecular weight is 481 g/mol. The predicted molar refractivity (Wildman–Crippen MR) is 125 cm³/mol. The van der Waals surface area contributed by atoms with Gasteiger partial charge in [-0.15, -0.1) is 23.7 Å². The van der Waals surface area contributed by atoms with Crippen molar-refractivity contribution < 1.29 is 8.42 Å². The molecule has 1 unspecified atom stereocenters.